The molecule has 1 aromatic carbocycles. The number of aliphatic hydroxyl groups is 1. The minimum absolute atomic E-state index is 0.0556. The quantitative estimate of drug-likeness (QED) is 0.628. The van der Waals surface area contributed by atoms with Gasteiger partial charge in [0, 0.05) is 0 Å². The maximum Gasteiger partial charge on any atom is 0.416 e. The number of benzene rings is 1. The van der Waals surface area contributed by atoms with E-state index in [2.05, 4.69) is 0 Å². The normalized spacial score (nSPS) is 14.7. The number of amides is 1. The van der Waals surface area contributed by atoms with Gasteiger partial charge in [0.1, 0.15) is 5.75 Å². The van der Waals surface area contributed by atoms with E-state index in [9.17, 15) is 18.0 Å². The molecule has 5 nitrogen and oxygen atoms in total. The topological polar surface area (TPSA) is 95.6 Å². The molecule has 0 radical (unpaired) electrons. The maximum atomic E-state index is 12.0. The lowest BCUT2D eigenvalue weighted by Crippen LogP contribution is -2.47. The van der Waals surface area contributed by atoms with Crippen LogP contribution in [0, 0.1) is 0 Å². The summed E-state index contributed by atoms with van der Waals surface area (Å²) < 4.78 is 36.1. The van der Waals surface area contributed by atoms with Crippen LogP contribution in [0.5, 0.6) is 5.75 Å². The summed E-state index contributed by atoms with van der Waals surface area (Å²) in [5.41, 5.74) is 6.20. The van der Waals surface area contributed by atoms with Gasteiger partial charge >= 0.3 is 6.18 Å². The number of aromatic hydroxyl groups is 1. The largest absolute Gasteiger partial charge is 0.508 e. The first-order valence-corrected chi connectivity index (χ1v) is 5.76. The smallest absolute Gasteiger partial charge is 0.416 e. The Hall–Kier alpha value is -1.80. The molecule has 112 valence electrons. The summed E-state index contributed by atoms with van der Waals surface area (Å²) in [5.74, 6) is -0.735. The number of alkyl halides is 3. The second-order valence-electron chi connectivity index (χ2n) is 4.28. The highest BCUT2D eigenvalue weighted by Crippen LogP contribution is 2.19. The molecule has 0 fully saturated rings. The standard InChI is InChI=1S/C12H15F3N2O3/c13-12(14,15)10(19)6-17-11(20)9(16)5-7-1-3-8(18)4-2-7/h1-4,9-10,18-19H,5-6,16H2,(H,17,20)/t9-,10?/m1/s1. The predicted octanol–water partition coefficient (Wildman–Crippen LogP) is 0.301. The van der Waals surface area contributed by atoms with Gasteiger partial charge < -0.3 is 21.3 Å². The maximum absolute atomic E-state index is 12.0. The van der Waals surface area contributed by atoms with Crippen molar-refractivity contribution < 1.29 is 28.2 Å². The van der Waals surface area contributed by atoms with Crippen LogP contribution in [0.2, 0.25) is 0 Å². The minimum Gasteiger partial charge on any atom is -0.508 e. The van der Waals surface area contributed by atoms with E-state index in [0.29, 0.717) is 5.56 Å². The minimum atomic E-state index is -4.78. The number of hydrogen-bond acceptors (Lipinski definition) is 4. The molecule has 20 heavy (non-hydrogen) atoms. The molecule has 2 atom stereocenters. The molecule has 0 aliphatic rings. The van der Waals surface area contributed by atoms with E-state index in [-0.39, 0.29) is 12.2 Å². The summed E-state index contributed by atoms with van der Waals surface area (Å²) in [6.45, 7) is -0.939. The van der Waals surface area contributed by atoms with E-state index >= 15 is 0 Å². The van der Waals surface area contributed by atoms with Crippen LogP contribution in [0.3, 0.4) is 0 Å². The summed E-state index contributed by atoms with van der Waals surface area (Å²) >= 11 is 0. The van der Waals surface area contributed by atoms with Gasteiger partial charge in [0.05, 0.1) is 12.6 Å². The second-order valence-corrected chi connectivity index (χ2v) is 4.28. The van der Waals surface area contributed by atoms with Crippen LogP contribution in [0.15, 0.2) is 24.3 Å². The molecule has 0 aromatic heterocycles. The van der Waals surface area contributed by atoms with Crippen LogP contribution in [-0.4, -0.2) is 41.0 Å². The molecule has 5 N–H and O–H groups in total. The van der Waals surface area contributed by atoms with Gasteiger partial charge in [-0.25, -0.2) is 0 Å². The zero-order valence-corrected chi connectivity index (χ0v) is 10.4. The number of rotatable bonds is 5. The third kappa shape index (κ3) is 5.06. The first-order valence-electron chi connectivity index (χ1n) is 5.76. The summed E-state index contributed by atoms with van der Waals surface area (Å²) in [5, 5.41) is 19.7. The molecule has 0 saturated heterocycles. The molecular formula is C12H15F3N2O3. The van der Waals surface area contributed by atoms with Crippen molar-refractivity contribution in [1.82, 2.24) is 5.32 Å². The van der Waals surface area contributed by atoms with Crippen LogP contribution in [0.4, 0.5) is 13.2 Å². The molecular weight excluding hydrogens is 277 g/mol. The summed E-state index contributed by atoms with van der Waals surface area (Å²) in [4.78, 5) is 11.5. The first-order chi connectivity index (χ1) is 9.20. The van der Waals surface area contributed by atoms with Crippen molar-refractivity contribution in [3.63, 3.8) is 0 Å². The molecule has 0 aliphatic heterocycles. The van der Waals surface area contributed by atoms with Crippen LogP contribution in [0.1, 0.15) is 5.56 Å². The van der Waals surface area contributed by atoms with Crippen LogP contribution in [0.25, 0.3) is 0 Å². The Morgan fingerprint density at radius 3 is 2.35 bits per heavy atom. The zero-order valence-electron chi connectivity index (χ0n) is 10.4. The Bertz CT molecular complexity index is 448. The Morgan fingerprint density at radius 2 is 1.85 bits per heavy atom. The Labute approximate surface area is 113 Å². The van der Waals surface area contributed by atoms with E-state index < -0.39 is 30.8 Å². The predicted molar refractivity (Wildman–Crippen MR) is 64.9 cm³/mol. The molecule has 1 aromatic rings. The number of carbonyl (C=O) groups is 1. The van der Waals surface area contributed by atoms with E-state index in [0.717, 1.165) is 0 Å². The monoisotopic (exact) mass is 292 g/mol. The number of phenols is 1. The number of hydrogen-bond donors (Lipinski definition) is 4. The van der Waals surface area contributed by atoms with Gasteiger partial charge in [0.2, 0.25) is 5.91 Å². The Balaban J connectivity index is 2.45. The average Bonchev–Trinajstić information content (AvgIpc) is 2.36. The lowest BCUT2D eigenvalue weighted by molar-refractivity contribution is -0.201. The third-order valence-electron chi connectivity index (χ3n) is 2.58. The Kier molecular flexibility index (Phi) is 5.34. The van der Waals surface area contributed by atoms with Crippen LogP contribution >= 0.6 is 0 Å². The first kappa shape index (κ1) is 16.3. The highest BCUT2D eigenvalue weighted by Gasteiger charge is 2.38. The lowest BCUT2D eigenvalue weighted by atomic mass is 10.1. The molecule has 0 bridgehead atoms. The molecule has 8 heteroatoms. The number of nitrogens with one attached hydrogen (secondary N) is 1. The van der Waals surface area contributed by atoms with Gasteiger partial charge in [-0.1, -0.05) is 12.1 Å². The van der Waals surface area contributed by atoms with E-state index in [1.807, 2.05) is 5.32 Å². The van der Waals surface area contributed by atoms with E-state index in [1.54, 1.807) is 12.1 Å². The van der Waals surface area contributed by atoms with Gasteiger partial charge in [0.15, 0.2) is 6.10 Å². The lowest BCUT2D eigenvalue weighted by Gasteiger charge is -2.17. The Morgan fingerprint density at radius 1 is 1.30 bits per heavy atom. The van der Waals surface area contributed by atoms with Gasteiger partial charge in [-0.3, -0.25) is 4.79 Å². The van der Waals surface area contributed by atoms with Crippen molar-refractivity contribution in [3.05, 3.63) is 29.8 Å². The highest BCUT2D eigenvalue weighted by molar-refractivity contribution is 5.81. The summed E-state index contributed by atoms with van der Waals surface area (Å²) in [6.07, 6.45) is -7.30. The summed E-state index contributed by atoms with van der Waals surface area (Å²) in [6, 6.07) is 4.88. The fourth-order valence-electron chi connectivity index (χ4n) is 1.42. The van der Waals surface area contributed by atoms with Crippen molar-refractivity contribution in [1.29, 1.82) is 0 Å². The van der Waals surface area contributed by atoms with Crippen LogP contribution < -0.4 is 11.1 Å². The second kappa shape index (κ2) is 6.58. The van der Waals surface area contributed by atoms with Crippen molar-refractivity contribution >= 4 is 5.91 Å². The van der Waals surface area contributed by atoms with Crippen molar-refractivity contribution in [2.45, 2.75) is 24.7 Å². The molecule has 0 heterocycles. The zero-order chi connectivity index (χ0) is 15.3. The van der Waals surface area contributed by atoms with E-state index in [4.69, 9.17) is 15.9 Å². The van der Waals surface area contributed by atoms with Gasteiger partial charge in [-0.2, -0.15) is 13.2 Å². The highest BCUT2D eigenvalue weighted by atomic mass is 19.4. The van der Waals surface area contributed by atoms with Gasteiger partial charge in [-0.05, 0) is 24.1 Å². The molecule has 0 spiro atoms. The van der Waals surface area contributed by atoms with Crippen molar-refractivity contribution in [2.24, 2.45) is 5.73 Å². The molecule has 0 saturated carbocycles. The molecule has 1 unspecified atom stereocenters. The van der Waals surface area contributed by atoms with Crippen molar-refractivity contribution in [2.75, 3.05) is 6.54 Å². The number of phenolic OH excluding ortho intramolecular Hbond substituents is 1. The molecule has 1 amide bonds. The van der Waals surface area contributed by atoms with Gasteiger partial charge in [-0.15, -0.1) is 0 Å². The SMILES string of the molecule is N[C@H](Cc1ccc(O)cc1)C(=O)NCC(O)C(F)(F)F. The third-order valence-corrected chi connectivity index (χ3v) is 2.58. The fourth-order valence-corrected chi connectivity index (χ4v) is 1.42. The molecule has 1 rings (SSSR count). The van der Waals surface area contributed by atoms with Crippen LogP contribution in [-0.2, 0) is 11.2 Å². The number of nitrogens with two attached hydrogens (primary N) is 1. The van der Waals surface area contributed by atoms with E-state index in [1.165, 1.54) is 12.1 Å². The summed E-state index contributed by atoms with van der Waals surface area (Å²) in [7, 11) is 0. The number of halogens is 3. The van der Waals surface area contributed by atoms with Gasteiger partial charge in [0.25, 0.3) is 0 Å². The average molecular weight is 292 g/mol. The van der Waals surface area contributed by atoms with Crippen molar-refractivity contribution in [3.8, 4) is 5.75 Å². The number of aliphatic hydroxyl groups excluding tert-OH is 1. The molecule has 0 aliphatic carbocycles. The fraction of sp³-hybridized carbons (Fsp3) is 0.417. The number of carbonyl (C=O) groups excluding carboxylic acids is 1.